The van der Waals surface area contributed by atoms with Gasteiger partial charge in [-0.15, -0.1) is 0 Å². The van der Waals surface area contributed by atoms with Gasteiger partial charge < -0.3 is 14.2 Å². The molecule has 0 N–H and O–H groups in total. The largest absolute Gasteiger partial charge is 0.444 e. The molecule has 1 amide bonds. The highest BCUT2D eigenvalue weighted by Gasteiger charge is 2.29. The number of aromatic nitrogens is 1. The summed E-state index contributed by atoms with van der Waals surface area (Å²) < 4.78 is 21.8. The molecule has 124 valence electrons. The molecule has 6 heteroatoms. The lowest BCUT2D eigenvalue weighted by Gasteiger charge is -2.30. The first kappa shape index (κ1) is 16.3. The molecule has 1 aromatic heterocycles. The highest BCUT2D eigenvalue weighted by atomic mass is 79.9. The number of rotatable bonds is 0. The van der Waals surface area contributed by atoms with E-state index in [1.54, 1.807) is 17.0 Å². The van der Waals surface area contributed by atoms with E-state index in [-0.39, 0.29) is 11.9 Å². The molecule has 1 aromatic carbocycles. The molecule has 1 aliphatic rings. The average molecular weight is 383 g/mol. The SMILES string of the molecule is Cn1c2c(c3cc(F)c(Br)cc31)CCN(C(=O)OC(C)(C)C)C2. The number of amides is 1. The lowest BCUT2D eigenvalue weighted by molar-refractivity contribution is 0.0220. The third kappa shape index (κ3) is 2.96. The predicted molar refractivity (Wildman–Crippen MR) is 90.9 cm³/mol. The third-order valence-electron chi connectivity index (χ3n) is 4.10. The van der Waals surface area contributed by atoms with Crippen molar-refractivity contribution in [3.63, 3.8) is 0 Å². The molecule has 2 heterocycles. The average Bonchev–Trinajstić information content (AvgIpc) is 2.71. The van der Waals surface area contributed by atoms with Crippen LogP contribution >= 0.6 is 15.9 Å². The third-order valence-corrected chi connectivity index (χ3v) is 4.71. The van der Waals surface area contributed by atoms with Crippen molar-refractivity contribution in [3.8, 4) is 0 Å². The summed E-state index contributed by atoms with van der Waals surface area (Å²) in [6, 6.07) is 3.36. The summed E-state index contributed by atoms with van der Waals surface area (Å²) in [5.74, 6) is -0.263. The van der Waals surface area contributed by atoms with Crippen LogP contribution in [-0.4, -0.2) is 27.7 Å². The number of carbonyl (C=O) groups is 1. The minimum atomic E-state index is -0.510. The number of benzene rings is 1. The van der Waals surface area contributed by atoms with Gasteiger partial charge in [0.1, 0.15) is 11.4 Å². The van der Waals surface area contributed by atoms with Crippen LogP contribution < -0.4 is 0 Å². The second kappa shape index (κ2) is 5.51. The van der Waals surface area contributed by atoms with E-state index < -0.39 is 5.60 Å². The van der Waals surface area contributed by atoms with Crippen LogP contribution in [0, 0.1) is 5.82 Å². The van der Waals surface area contributed by atoms with Crippen LogP contribution in [0.3, 0.4) is 0 Å². The quantitative estimate of drug-likeness (QED) is 0.677. The van der Waals surface area contributed by atoms with E-state index in [4.69, 9.17) is 4.74 Å². The maximum atomic E-state index is 13.9. The van der Waals surface area contributed by atoms with Crippen LogP contribution in [0.25, 0.3) is 10.9 Å². The maximum absolute atomic E-state index is 13.9. The highest BCUT2D eigenvalue weighted by Crippen LogP contribution is 2.33. The zero-order valence-corrected chi connectivity index (χ0v) is 15.3. The van der Waals surface area contributed by atoms with Crippen molar-refractivity contribution in [2.45, 2.75) is 39.3 Å². The molecule has 23 heavy (non-hydrogen) atoms. The fourth-order valence-corrected chi connectivity index (χ4v) is 3.36. The zero-order chi connectivity index (χ0) is 16.9. The molecule has 0 bridgehead atoms. The van der Waals surface area contributed by atoms with Gasteiger partial charge in [0.2, 0.25) is 0 Å². The second-order valence-corrected chi connectivity index (χ2v) is 7.77. The summed E-state index contributed by atoms with van der Waals surface area (Å²) in [4.78, 5) is 14.0. The lowest BCUT2D eigenvalue weighted by Crippen LogP contribution is -2.40. The number of aryl methyl sites for hydroxylation is 1. The molecule has 0 saturated heterocycles. The zero-order valence-electron chi connectivity index (χ0n) is 13.7. The summed E-state index contributed by atoms with van der Waals surface area (Å²) in [6.07, 6.45) is 0.397. The predicted octanol–water partition coefficient (Wildman–Crippen LogP) is 4.37. The summed E-state index contributed by atoms with van der Waals surface area (Å²) in [7, 11) is 1.95. The Kier molecular flexibility index (Phi) is 3.91. The number of halogens is 2. The Morgan fingerprint density at radius 3 is 2.70 bits per heavy atom. The Bertz CT molecular complexity index is 792. The standard InChI is InChI=1S/C17H20BrFN2O2/c1-17(2,3)23-16(22)21-6-5-10-11-7-13(19)12(18)8-14(11)20(4)15(10)9-21/h7-8H,5-6,9H2,1-4H3. The molecule has 0 saturated carbocycles. The van der Waals surface area contributed by atoms with Crippen molar-refractivity contribution < 1.29 is 13.9 Å². The Balaban J connectivity index is 1.97. The van der Waals surface area contributed by atoms with E-state index in [0.29, 0.717) is 24.0 Å². The van der Waals surface area contributed by atoms with E-state index in [0.717, 1.165) is 22.2 Å². The van der Waals surface area contributed by atoms with Crippen molar-refractivity contribution in [2.24, 2.45) is 7.05 Å². The summed E-state index contributed by atoms with van der Waals surface area (Å²) in [5.41, 5.74) is 2.61. The van der Waals surface area contributed by atoms with E-state index in [9.17, 15) is 9.18 Å². The number of ether oxygens (including phenoxy) is 1. The molecule has 2 aromatic rings. The molecule has 0 radical (unpaired) electrons. The number of hydrogen-bond acceptors (Lipinski definition) is 2. The first-order valence-electron chi connectivity index (χ1n) is 7.60. The number of nitrogens with zero attached hydrogens (tertiary/aromatic N) is 2. The van der Waals surface area contributed by atoms with Crippen LogP contribution in [0.1, 0.15) is 32.0 Å². The molecular weight excluding hydrogens is 363 g/mol. The fraction of sp³-hybridized carbons (Fsp3) is 0.471. The van der Waals surface area contributed by atoms with Gasteiger partial charge in [0, 0.05) is 30.2 Å². The maximum Gasteiger partial charge on any atom is 0.410 e. The van der Waals surface area contributed by atoms with Crippen molar-refractivity contribution in [3.05, 3.63) is 33.7 Å². The minimum Gasteiger partial charge on any atom is -0.444 e. The molecule has 0 aliphatic carbocycles. The normalized spacial score (nSPS) is 15.0. The van der Waals surface area contributed by atoms with Crippen molar-refractivity contribution in [1.82, 2.24) is 9.47 Å². The minimum absolute atomic E-state index is 0.263. The van der Waals surface area contributed by atoms with Crippen LogP contribution in [-0.2, 0) is 24.8 Å². The van der Waals surface area contributed by atoms with Gasteiger partial charge in [-0.3, -0.25) is 0 Å². The van der Waals surface area contributed by atoms with Gasteiger partial charge in [0.15, 0.2) is 0 Å². The van der Waals surface area contributed by atoms with Gasteiger partial charge in [0.05, 0.1) is 11.0 Å². The van der Waals surface area contributed by atoms with E-state index in [1.165, 1.54) is 0 Å². The topological polar surface area (TPSA) is 34.5 Å². The van der Waals surface area contributed by atoms with Gasteiger partial charge in [-0.25, -0.2) is 9.18 Å². The number of hydrogen-bond donors (Lipinski definition) is 0. The Labute approximate surface area is 143 Å². The van der Waals surface area contributed by atoms with E-state index in [2.05, 4.69) is 15.9 Å². The van der Waals surface area contributed by atoms with E-state index >= 15 is 0 Å². The molecule has 3 rings (SSSR count). The van der Waals surface area contributed by atoms with Gasteiger partial charge in [-0.1, -0.05) is 0 Å². The molecule has 0 unspecified atom stereocenters. The van der Waals surface area contributed by atoms with Crippen LogP contribution in [0.4, 0.5) is 9.18 Å². The lowest BCUT2D eigenvalue weighted by atomic mass is 10.0. The van der Waals surface area contributed by atoms with Gasteiger partial charge in [-0.05, 0) is 60.8 Å². The van der Waals surface area contributed by atoms with Gasteiger partial charge >= 0.3 is 6.09 Å². The summed E-state index contributed by atoms with van der Waals surface area (Å²) in [6.45, 7) is 6.64. The van der Waals surface area contributed by atoms with Crippen molar-refractivity contribution in [2.75, 3.05) is 6.54 Å². The molecule has 4 nitrogen and oxygen atoms in total. The fourth-order valence-electron chi connectivity index (χ4n) is 3.03. The molecule has 0 spiro atoms. The Morgan fingerprint density at radius 1 is 1.35 bits per heavy atom. The van der Waals surface area contributed by atoms with Gasteiger partial charge in [0.25, 0.3) is 0 Å². The summed E-state index contributed by atoms with van der Waals surface area (Å²) in [5, 5.41) is 0.923. The Morgan fingerprint density at radius 2 is 2.04 bits per heavy atom. The van der Waals surface area contributed by atoms with Crippen LogP contribution in [0.5, 0.6) is 0 Å². The van der Waals surface area contributed by atoms with Crippen LogP contribution in [0.15, 0.2) is 16.6 Å². The number of carbonyl (C=O) groups excluding carboxylic acids is 1. The van der Waals surface area contributed by atoms with Gasteiger partial charge in [-0.2, -0.15) is 0 Å². The molecule has 0 fully saturated rings. The monoisotopic (exact) mass is 382 g/mol. The number of fused-ring (bicyclic) bond motifs is 3. The van der Waals surface area contributed by atoms with Crippen molar-refractivity contribution in [1.29, 1.82) is 0 Å². The molecule has 1 aliphatic heterocycles. The highest BCUT2D eigenvalue weighted by molar-refractivity contribution is 9.10. The van der Waals surface area contributed by atoms with Crippen molar-refractivity contribution >= 4 is 32.9 Å². The first-order chi connectivity index (χ1) is 10.7. The van der Waals surface area contributed by atoms with E-state index in [1.807, 2.05) is 32.4 Å². The second-order valence-electron chi connectivity index (χ2n) is 6.92. The molecule has 0 atom stereocenters. The van der Waals surface area contributed by atoms with Crippen LogP contribution in [0.2, 0.25) is 0 Å². The molecular formula is C17H20BrFN2O2. The first-order valence-corrected chi connectivity index (χ1v) is 8.40. The smallest absolute Gasteiger partial charge is 0.410 e. The Hall–Kier alpha value is -1.56. The summed E-state index contributed by atoms with van der Waals surface area (Å²) >= 11 is 3.24.